The molecule has 0 aromatic heterocycles. The second-order valence-corrected chi connectivity index (χ2v) is 3.16. The van der Waals surface area contributed by atoms with E-state index in [1.165, 1.54) is 0 Å². The van der Waals surface area contributed by atoms with Crippen LogP contribution in [0.1, 0.15) is 19.8 Å². The minimum absolute atomic E-state index is 0.168. The van der Waals surface area contributed by atoms with Crippen LogP contribution in [0.5, 0.6) is 0 Å². The van der Waals surface area contributed by atoms with Crippen molar-refractivity contribution in [1.82, 2.24) is 5.32 Å². The summed E-state index contributed by atoms with van der Waals surface area (Å²) in [7, 11) is 0. The SMILES string of the molecule is C=C(Cl)CNC(=O)[C@@H](N)CCC. The lowest BCUT2D eigenvalue weighted by Crippen LogP contribution is -2.40. The molecule has 4 heteroatoms. The van der Waals surface area contributed by atoms with Gasteiger partial charge in [-0.25, -0.2) is 0 Å². The average molecular weight is 191 g/mol. The van der Waals surface area contributed by atoms with Crippen LogP contribution in [0.15, 0.2) is 11.6 Å². The van der Waals surface area contributed by atoms with Crippen LogP contribution in [0, 0.1) is 0 Å². The minimum Gasteiger partial charge on any atom is -0.350 e. The predicted molar refractivity (Wildman–Crippen MR) is 50.9 cm³/mol. The van der Waals surface area contributed by atoms with Gasteiger partial charge in [0.2, 0.25) is 5.91 Å². The van der Waals surface area contributed by atoms with Gasteiger partial charge in [-0.1, -0.05) is 31.5 Å². The van der Waals surface area contributed by atoms with Crippen molar-refractivity contribution in [3.63, 3.8) is 0 Å². The van der Waals surface area contributed by atoms with Gasteiger partial charge in [0, 0.05) is 5.03 Å². The molecule has 0 saturated heterocycles. The molecule has 12 heavy (non-hydrogen) atoms. The second kappa shape index (κ2) is 6.03. The van der Waals surface area contributed by atoms with Crippen molar-refractivity contribution in [3.8, 4) is 0 Å². The van der Waals surface area contributed by atoms with Crippen molar-refractivity contribution in [2.75, 3.05) is 6.54 Å². The van der Waals surface area contributed by atoms with E-state index in [9.17, 15) is 4.79 Å². The van der Waals surface area contributed by atoms with Crippen LogP contribution in [0.25, 0.3) is 0 Å². The zero-order valence-electron chi connectivity index (χ0n) is 7.27. The largest absolute Gasteiger partial charge is 0.350 e. The Morgan fingerprint density at radius 1 is 1.75 bits per heavy atom. The Morgan fingerprint density at radius 2 is 2.33 bits per heavy atom. The number of nitrogens with two attached hydrogens (primary N) is 1. The van der Waals surface area contributed by atoms with Crippen molar-refractivity contribution in [3.05, 3.63) is 11.6 Å². The van der Waals surface area contributed by atoms with Gasteiger partial charge in [-0.15, -0.1) is 0 Å². The van der Waals surface area contributed by atoms with Crippen molar-refractivity contribution >= 4 is 17.5 Å². The topological polar surface area (TPSA) is 55.1 Å². The van der Waals surface area contributed by atoms with Crippen LogP contribution in [0.2, 0.25) is 0 Å². The summed E-state index contributed by atoms with van der Waals surface area (Å²) in [5, 5.41) is 2.98. The maximum absolute atomic E-state index is 11.1. The standard InChI is InChI=1S/C8H15ClN2O/c1-3-4-7(10)8(12)11-5-6(2)9/h7H,2-5,10H2,1H3,(H,11,12)/t7-/m0/s1. The molecular weight excluding hydrogens is 176 g/mol. The molecule has 0 fully saturated rings. The molecule has 70 valence electrons. The molecule has 0 spiro atoms. The van der Waals surface area contributed by atoms with Crippen LogP contribution >= 0.6 is 11.6 Å². The fourth-order valence-corrected chi connectivity index (χ4v) is 0.823. The lowest BCUT2D eigenvalue weighted by Gasteiger charge is -2.09. The quantitative estimate of drug-likeness (QED) is 0.679. The second-order valence-electron chi connectivity index (χ2n) is 2.63. The molecule has 3 N–H and O–H groups in total. The Hall–Kier alpha value is -0.540. The number of hydrogen-bond donors (Lipinski definition) is 2. The summed E-state index contributed by atoms with van der Waals surface area (Å²) < 4.78 is 0. The van der Waals surface area contributed by atoms with Gasteiger partial charge >= 0.3 is 0 Å². The predicted octanol–water partition coefficient (Wildman–Crippen LogP) is 0.982. The van der Waals surface area contributed by atoms with Gasteiger partial charge in [0.05, 0.1) is 12.6 Å². The third kappa shape index (κ3) is 5.16. The Bertz CT molecular complexity index is 170. The first-order valence-corrected chi connectivity index (χ1v) is 4.32. The number of halogens is 1. The highest BCUT2D eigenvalue weighted by atomic mass is 35.5. The first kappa shape index (κ1) is 11.5. The highest BCUT2D eigenvalue weighted by molar-refractivity contribution is 6.29. The van der Waals surface area contributed by atoms with E-state index in [0.717, 1.165) is 6.42 Å². The number of hydrogen-bond acceptors (Lipinski definition) is 2. The first-order valence-electron chi connectivity index (χ1n) is 3.94. The average Bonchev–Trinajstić information content (AvgIpc) is 2.00. The highest BCUT2D eigenvalue weighted by Crippen LogP contribution is 1.95. The van der Waals surface area contributed by atoms with Crippen molar-refractivity contribution in [2.24, 2.45) is 5.73 Å². The first-order chi connectivity index (χ1) is 5.57. The van der Waals surface area contributed by atoms with Crippen LogP contribution < -0.4 is 11.1 Å². The molecule has 0 rings (SSSR count). The molecule has 0 unspecified atom stereocenters. The maximum atomic E-state index is 11.1. The molecule has 1 amide bonds. The molecule has 0 aliphatic rings. The molecule has 0 aliphatic carbocycles. The fourth-order valence-electron chi connectivity index (χ4n) is 0.756. The summed E-state index contributed by atoms with van der Waals surface area (Å²) in [6.07, 6.45) is 1.59. The summed E-state index contributed by atoms with van der Waals surface area (Å²) >= 11 is 5.45. The third-order valence-corrected chi connectivity index (χ3v) is 1.52. The number of rotatable bonds is 5. The minimum atomic E-state index is -0.425. The monoisotopic (exact) mass is 190 g/mol. The number of carbonyl (C=O) groups excluding carboxylic acids is 1. The van der Waals surface area contributed by atoms with Gasteiger partial charge in [-0.2, -0.15) is 0 Å². The van der Waals surface area contributed by atoms with Crippen LogP contribution in [0.4, 0.5) is 0 Å². The summed E-state index contributed by atoms with van der Waals surface area (Å²) in [6, 6.07) is -0.425. The molecule has 1 atom stereocenters. The van der Waals surface area contributed by atoms with E-state index in [4.69, 9.17) is 17.3 Å². The van der Waals surface area contributed by atoms with E-state index < -0.39 is 6.04 Å². The Morgan fingerprint density at radius 3 is 2.75 bits per heavy atom. The Balaban J connectivity index is 3.64. The van der Waals surface area contributed by atoms with Gasteiger partial charge in [-0.3, -0.25) is 4.79 Å². The van der Waals surface area contributed by atoms with E-state index >= 15 is 0 Å². The van der Waals surface area contributed by atoms with Crippen molar-refractivity contribution < 1.29 is 4.79 Å². The molecule has 0 aliphatic heterocycles. The molecule has 0 radical (unpaired) electrons. The molecule has 0 aromatic carbocycles. The zero-order chi connectivity index (χ0) is 9.56. The molecular formula is C8H15ClN2O. The van der Waals surface area contributed by atoms with E-state index in [2.05, 4.69) is 11.9 Å². The molecule has 0 bridgehead atoms. The summed E-state index contributed by atoms with van der Waals surface area (Å²) in [5.74, 6) is -0.168. The number of amides is 1. The van der Waals surface area contributed by atoms with Gasteiger partial charge < -0.3 is 11.1 Å². The number of carbonyl (C=O) groups is 1. The van der Waals surface area contributed by atoms with Crippen LogP contribution in [0.3, 0.4) is 0 Å². The molecule has 0 heterocycles. The fraction of sp³-hybridized carbons (Fsp3) is 0.625. The van der Waals surface area contributed by atoms with Gasteiger partial charge in [-0.05, 0) is 6.42 Å². The van der Waals surface area contributed by atoms with Crippen LogP contribution in [-0.2, 0) is 4.79 Å². The van der Waals surface area contributed by atoms with E-state index in [0.29, 0.717) is 11.5 Å². The maximum Gasteiger partial charge on any atom is 0.237 e. The van der Waals surface area contributed by atoms with E-state index in [1.807, 2.05) is 6.92 Å². The van der Waals surface area contributed by atoms with Gasteiger partial charge in [0.15, 0.2) is 0 Å². The summed E-state index contributed by atoms with van der Waals surface area (Å²) in [5.41, 5.74) is 5.53. The summed E-state index contributed by atoms with van der Waals surface area (Å²) in [4.78, 5) is 11.1. The van der Waals surface area contributed by atoms with E-state index in [1.54, 1.807) is 0 Å². The molecule has 0 saturated carbocycles. The molecule has 3 nitrogen and oxygen atoms in total. The molecule has 0 aromatic rings. The Kier molecular flexibility index (Phi) is 5.76. The van der Waals surface area contributed by atoms with Crippen molar-refractivity contribution in [2.45, 2.75) is 25.8 Å². The van der Waals surface area contributed by atoms with Crippen molar-refractivity contribution in [1.29, 1.82) is 0 Å². The smallest absolute Gasteiger partial charge is 0.237 e. The number of nitrogens with one attached hydrogen (secondary N) is 1. The van der Waals surface area contributed by atoms with Gasteiger partial charge in [0.1, 0.15) is 0 Å². The highest BCUT2D eigenvalue weighted by Gasteiger charge is 2.10. The Labute approximate surface area is 78.0 Å². The lowest BCUT2D eigenvalue weighted by atomic mass is 10.2. The van der Waals surface area contributed by atoms with Gasteiger partial charge in [0.25, 0.3) is 0 Å². The lowest BCUT2D eigenvalue weighted by molar-refractivity contribution is -0.122. The summed E-state index contributed by atoms with van der Waals surface area (Å²) in [6.45, 7) is 5.71. The van der Waals surface area contributed by atoms with E-state index in [-0.39, 0.29) is 12.5 Å². The third-order valence-electron chi connectivity index (χ3n) is 1.39. The van der Waals surface area contributed by atoms with Crippen LogP contribution in [-0.4, -0.2) is 18.5 Å². The normalized spacial score (nSPS) is 12.2. The zero-order valence-corrected chi connectivity index (χ0v) is 8.03.